The Kier molecular flexibility index (Phi) is 2.56. The van der Waals surface area contributed by atoms with Gasteiger partial charge in [0.2, 0.25) is 0 Å². The number of aromatic nitrogens is 2. The van der Waals surface area contributed by atoms with Crippen LogP contribution < -0.4 is 4.90 Å². The van der Waals surface area contributed by atoms with Gasteiger partial charge in [-0.3, -0.25) is 14.7 Å². The van der Waals surface area contributed by atoms with Gasteiger partial charge in [0.15, 0.2) is 0 Å². The fourth-order valence-electron chi connectivity index (χ4n) is 2.29. The van der Waals surface area contributed by atoms with Crippen molar-refractivity contribution in [1.29, 1.82) is 0 Å². The first kappa shape index (κ1) is 12.1. The molecular weight excluding hydrogens is 310 g/mol. The molecule has 1 aliphatic rings. The Bertz CT molecular complexity index is 701. The van der Waals surface area contributed by atoms with Crippen LogP contribution in [0.15, 0.2) is 22.7 Å². The van der Waals surface area contributed by atoms with Gasteiger partial charge >= 0.3 is 0 Å². The van der Waals surface area contributed by atoms with Crippen LogP contribution in [0, 0.1) is 13.8 Å². The van der Waals surface area contributed by atoms with Gasteiger partial charge in [-0.25, -0.2) is 4.90 Å². The Morgan fingerprint density at radius 3 is 2.47 bits per heavy atom. The van der Waals surface area contributed by atoms with Gasteiger partial charge in [-0.1, -0.05) is 15.9 Å². The maximum atomic E-state index is 12.4. The lowest BCUT2D eigenvalue weighted by atomic mass is 10.1. The van der Waals surface area contributed by atoms with E-state index in [-0.39, 0.29) is 11.8 Å². The van der Waals surface area contributed by atoms with Gasteiger partial charge in [0.05, 0.1) is 28.2 Å². The lowest BCUT2D eigenvalue weighted by molar-refractivity contribution is 0.0925. The molecule has 2 amide bonds. The van der Waals surface area contributed by atoms with E-state index >= 15 is 0 Å². The lowest BCUT2D eigenvalue weighted by Gasteiger charge is -2.13. The molecule has 0 atom stereocenters. The summed E-state index contributed by atoms with van der Waals surface area (Å²) in [7, 11) is 0. The van der Waals surface area contributed by atoms with Crippen LogP contribution in [0.5, 0.6) is 0 Å². The molecule has 6 heteroatoms. The summed E-state index contributed by atoms with van der Waals surface area (Å²) in [4.78, 5) is 26.0. The van der Waals surface area contributed by atoms with E-state index in [2.05, 4.69) is 26.1 Å². The van der Waals surface area contributed by atoms with E-state index in [4.69, 9.17) is 0 Å². The maximum Gasteiger partial charge on any atom is 0.266 e. The number of carbonyl (C=O) groups is 2. The SMILES string of the molecule is Cc1n[nH]c(C)c1N1C(=O)c2ccc(Br)cc2C1=O. The molecule has 1 N–H and O–H groups in total. The number of carbonyl (C=O) groups excluding carboxylic acids is 2. The van der Waals surface area contributed by atoms with E-state index in [0.29, 0.717) is 28.2 Å². The first-order chi connectivity index (χ1) is 9.00. The van der Waals surface area contributed by atoms with E-state index in [9.17, 15) is 9.59 Å². The van der Waals surface area contributed by atoms with Crippen LogP contribution in [-0.4, -0.2) is 22.0 Å². The number of fused-ring (bicyclic) bond motifs is 1. The average molecular weight is 320 g/mol. The van der Waals surface area contributed by atoms with Gasteiger partial charge in [-0.05, 0) is 32.0 Å². The number of H-pyrrole nitrogens is 1. The molecule has 1 aromatic heterocycles. The minimum Gasteiger partial charge on any atom is -0.280 e. The van der Waals surface area contributed by atoms with Gasteiger partial charge in [-0.15, -0.1) is 0 Å². The van der Waals surface area contributed by atoms with Crippen molar-refractivity contribution >= 4 is 33.4 Å². The Labute approximate surface area is 117 Å². The zero-order valence-electron chi connectivity index (χ0n) is 10.3. The second kappa shape index (κ2) is 4.03. The largest absolute Gasteiger partial charge is 0.280 e. The number of nitrogens with zero attached hydrogens (tertiary/aromatic N) is 2. The minimum absolute atomic E-state index is 0.305. The van der Waals surface area contributed by atoms with Crippen molar-refractivity contribution in [2.24, 2.45) is 0 Å². The summed E-state index contributed by atoms with van der Waals surface area (Å²) in [6, 6.07) is 5.08. The topological polar surface area (TPSA) is 66.1 Å². The van der Waals surface area contributed by atoms with Crippen LogP contribution in [-0.2, 0) is 0 Å². The second-order valence-electron chi connectivity index (χ2n) is 4.42. The zero-order chi connectivity index (χ0) is 13.7. The number of aryl methyl sites for hydroxylation is 2. The summed E-state index contributed by atoms with van der Waals surface area (Å²) in [5.74, 6) is -0.617. The number of nitrogens with one attached hydrogen (secondary N) is 1. The normalized spacial score (nSPS) is 14.2. The third kappa shape index (κ3) is 1.63. The van der Waals surface area contributed by atoms with Gasteiger partial charge in [0.1, 0.15) is 0 Å². The predicted molar refractivity (Wildman–Crippen MR) is 73.3 cm³/mol. The molecule has 0 saturated heterocycles. The van der Waals surface area contributed by atoms with Crippen LogP contribution in [0.3, 0.4) is 0 Å². The smallest absolute Gasteiger partial charge is 0.266 e. The van der Waals surface area contributed by atoms with Gasteiger partial charge < -0.3 is 0 Å². The third-order valence-electron chi connectivity index (χ3n) is 3.16. The van der Waals surface area contributed by atoms with Crippen LogP contribution >= 0.6 is 15.9 Å². The Morgan fingerprint density at radius 2 is 1.84 bits per heavy atom. The molecule has 19 heavy (non-hydrogen) atoms. The Balaban J connectivity index is 2.18. The number of hydrogen-bond acceptors (Lipinski definition) is 3. The maximum absolute atomic E-state index is 12.4. The first-order valence-electron chi connectivity index (χ1n) is 5.70. The van der Waals surface area contributed by atoms with Crippen molar-refractivity contribution < 1.29 is 9.59 Å². The standard InChI is InChI=1S/C13H10BrN3O2/c1-6-11(7(2)16-15-6)17-12(18)9-4-3-8(14)5-10(9)13(17)19/h3-5H,1-2H3,(H,15,16). The molecule has 5 nitrogen and oxygen atoms in total. The molecule has 96 valence electrons. The lowest BCUT2D eigenvalue weighted by Crippen LogP contribution is -2.30. The highest BCUT2D eigenvalue weighted by molar-refractivity contribution is 9.10. The monoisotopic (exact) mass is 319 g/mol. The molecule has 0 unspecified atom stereocenters. The molecule has 0 bridgehead atoms. The fourth-order valence-corrected chi connectivity index (χ4v) is 2.65. The van der Waals surface area contributed by atoms with E-state index in [1.807, 2.05) is 0 Å². The zero-order valence-corrected chi connectivity index (χ0v) is 11.9. The number of anilines is 1. The van der Waals surface area contributed by atoms with E-state index < -0.39 is 0 Å². The Morgan fingerprint density at radius 1 is 1.16 bits per heavy atom. The number of halogens is 1. The molecule has 2 aromatic rings. The average Bonchev–Trinajstić information content (AvgIpc) is 2.80. The third-order valence-corrected chi connectivity index (χ3v) is 3.65. The van der Waals surface area contributed by atoms with Crippen LogP contribution in [0.25, 0.3) is 0 Å². The van der Waals surface area contributed by atoms with Crippen LogP contribution in [0.4, 0.5) is 5.69 Å². The number of hydrogen-bond donors (Lipinski definition) is 1. The highest BCUT2D eigenvalue weighted by atomic mass is 79.9. The van der Waals surface area contributed by atoms with E-state index in [1.165, 1.54) is 4.90 Å². The fraction of sp³-hybridized carbons (Fsp3) is 0.154. The van der Waals surface area contributed by atoms with Crippen LogP contribution in [0.2, 0.25) is 0 Å². The van der Waals surface area contributed by atoms with E-state index in [1.54, 1.807) is 32.0 Å². The van der Waals surface area contributed by atoms with Crippen molar-refractivity contribution in [1.82, 2.24) is 10.2 Å². The summed E-state index contributed by atoms with van der Waals surface area (Å²) in [5, 5.41) is 6.82. The first-order valence-corrected chi connectivity index (χ1v) is 6.50. The number of aromatic amines is 1. The van der Waals surface area contributed by atoms with E-state index in [0.717, 1.165) is 4.47 Å². The summed E-state index contributed by atoms with van der Waals surface area (Å²) in [6.07, 6.45) is 0. The van der Waals surface area contributed by atoms with Crippen LogP contribution in [0.1, 0.15) is 32.1 Å². The van der Waals surface area contributed by atoms with Gasteiger partial charge in [0.25, 0.3) is 11.8 Å². The Hall–Kier alpha value is -1.95. The molecule has 0 spiro atoms. The predicted octanol–water partition coefficient (Wildman–Crippen LogP) is 2.59. The summed E-state index contributed by atoms with van der Waals surface area (Å²) >= 11 is 3.31. The molecule has 0 radical (unpaired) electrons. The molecule has 3 rings (SSSR count). The van der Waals surface area contributed by atoms with Crippen molar-refractivity contribution in [2.75, 3.05) is 4.90 Å². The van der Waals surface area contributed by atoms with Gasteiger partial charge in [0, 0.05) is 4.47 Å². The highest BCUT2D eigenvalue weighted by Gasteiger charge is 2.38. The molecule has 0 saturated carbocycles. The molecule has 0 aliphatic carbocycles. The summed E-state index contributed by atoms with van der Waals surface area (Å²) in [5.41, 5.74) is 2.71. The number of amides is 2. The quantitative estimate of drug-likeness (QED) is 0.821. The van der Waals surface area contributed by atoms with Crippen molar-refractivity contribution in [3.8, 4) is 0 Å². The molecule has 2 heterocycles. The van der Waals surface area contributed by atoms with Crippen molar-refractivity contribution in [3.63, 3.8) is 0 Å². The minimum atomic E-state index is -0.311. The summed E-state index contributed by atoms with van der Waals surface area (Å²) in [6.45, 7) is 3.55. The number of imide groups is 1. The molecule has 1 aromatic carbocycles. The van der Waals surface area contributed by atoms with Crippen molar-refractivity contribution in [2.45, 2.75) is 13.8 Å². The van der Waals surface area contributed by atoms with Gasteiger partial charge in [-0.2, -0.15) is 5.10 Å². The van der Waals surface area contributed by atoms with Crippen molar-refractivity contribution in [3.05, 3.63) is 45.2 Å². The molecule has 0 fully saturated rings. The second-order valence-corrected chi connectivity index (χ2v) is 5.33. The number of rotatable bonds is 1. The highest BCUT2D eigenvalue weighted by Crippen LogP contribution is 2.32. The summed E-state index contributed by atoms with van der Waals surface area (Å²) < 4.78 is 0.773. The molecular formula is C13H10BrN3O2. The molecule has 1 aliphatic heterocycles. The number of benzene rings is 1.